The molecular weight excluding hydrogens is 378 g/mol. The van der Waals surface area contributed by atoms with Gasteiger partial charge in [0.1, 0.15) is 17.5 Å². The van der Waals surface area contributed by atoms with E-state index in [-0.39, 0.29) is 5.78 Å². The lowest BCUT2D eigenvalue weighted by atomic mass is 10.1. The van der Waals surface area contributed by atoms with Gasteiger partial charge in [-0.25, -0.2) is 4.79 Å². The van der Waals surface area contributed by atoms with Crippen molar-refractivity contribution in [2.75, 3.05) is 19.1 Å². The van der Waals surface area contributed by atoms with E-state index < -0.39 is 17.9 Å². The van der Waals surface area contributed by atoms with E-state index in [1.54, 1.807) is 60.3 Å². The third kappa shape index (κ3) is 5.85. The number of carbonyl (C=O) groups excluding carboxylic acids is 3. The molecule has 0 bridgehead atoms. The number of rotatable bonds is 9. The Labute approximate surface area is 168 Å². The van der Waals surface area contributed by atoms with Crippen LogP contribution >= 0.6 is 11.8 Å². The molecule has 0 aromatic heterocycles. The average molecular weight is 401 g/mol. The van der Waals surface area contributed by atoms with Crippen molar-refractivity contribution < 1.29 is 23.9 Å². The van der Waals surface area contributed by atoms with Gasteiger partial charge in [0.15, 0.2) is 5.78 Å². The molecule has 148 valence electrons. The first kappa shape index (κ1) is 21.5. The largest absolute Gasteiger partial charge is 0.496 e. The molecule has 28 heavy (non-hydrogen) atoms. The molecular formula is C21H23NO5S. The van der Waals surface area contributed by atoms with Crippen LogP contribution < -0.4 is 14.8 Å². The molecule has 0 aliphatic rings. The monoisotopic (exact) mass is 401 g/mol. The Balaban J connectivity index is 2.12. The number of para-hydroxylation sites is 1. The minimum atomic E-state index is -0.808. The van der Waals surface area contributed by atoms with Gasteiger partial charge in [0.2, 0.25) is 0 Å². The zero-order valence-electron chi connectivity index (χ0n) is 16.1. The van der Waals surface area contributed by atoms with E-state index in [1.807, 2.05) is 6.26 Å². The van der Waals surface area contributed by atoms with Gasteiger partial charge in [-0.05, 0) is 61.8 Å². The zero-order chi connectivity index (χ0) is 20.5. The molecule has 2 rings (SSSR count). The van der Waals surface area contributed by atoms with Gasteiger partial charge in [0.25, 0.3) is 5.91 Å². The first-order valence-electron chi connectivity index (χ1n) is 8.71. The summed E-state index contributed by atoms with van der Waals surface area (Å²) in [5.74, 6) is 0.377. The molecule has 0 spiro atoms. The van der Waals surface area contributed by atoms with Gasteiger partial charge in [0.05, 0.1) is 12.7 Å². The fraction of sp³-hybridized carbons (Fsp3) is 0.286. The normalized spacial score (nSPS) is 11.4. The predicted octanol–water partition coefficient (Wildman–Crippen LogP) is 3.35. The van der Waals surface area contributed by atoms with Crippen LogP contribution in [0.25, 0.3) is 0 Å². The van der Waals surface area contributed by atoms with Gasteiger partial charge in [0, 0.05) is 5.56 Å². The number of hydrogen-bond acceptors (Lipinski definition) is 6. The highest BCUT2D eigenvalue weighted by Gasteiger charge is 2.24. The topological polar surface area (TPSA) is 81.7 Å². The van der Waals surface area contributed by atoms with Crippen LogP contribution in [0.2, 0.25) is 0 Å². The molecule has 0 aliphatic heterocycles. The van der Waals surface area contributed by atoms with E-state index in [2.05, 4.69) is 5.32 Å². The molecule has 0 fully saturated rings. The minimum absolute atomic E-state index is 0.0696. The highest BCUT2D eigenvalue weighted by molar-refractivity contribution is 7.98. The van der Waals surface area contributed by atoms with Crippen molar-refractivity contribution in [1.29, 1.82) is 0 Å². The molecule has 2 aromatic rings. The number of methoxy groups -OCH3 is 1. The molecule has 1 N–H and O–H groups in total. The van der Waals surface area contributed by atoms with Crippen molar-refractivity contribution in [2.45, 2.75) is 19.4 Å². The molecule has 0 saturated carbocycles. The maximum Gasteiger partial charge on any atom is 0.334 e. The molecule has 2 aromatic carbocycles. The maximum absolute atomic E-state index is 12.6. The number of hydrogen-bond donors (Lipinski definition) is 1. The summed E-state index contributed by atoms with van der Waals surface area (Å²) >= 11 is 1.57. The van der Waals surface area contributed by atoms with Crippen molar-refractivity contribution in [1.82, 2.24) is 5.32 Å². The Morgan fingerprint density at radius 1 is 1.07 bits per heavy atom. The summed E-state index contributed by atoms with van der Waals surface area (Å²) in [7, 11) is 1.48. The second kappa shape index (κ2) is 10.5. The van der Waals surface area contributed by atoms with Gasteiger partial charge in [-0.3, -0.25) is 9.59 Å². The zero-order valence-corrected chi connectivity index (χ0v) is 16.9. The Morgan fingerprint density at radius 2 is 1.75 bits per heavy atom. The van der Waals surface area contributed by atoms with Crippen molar-refractivity contribution in [3.05, 3.63) is 59.7 Å². The lowest BCUT2D eigenvalue weighted by Gasteiger charge is -2.18. The standard InChI is InChI=1S/C21H23NO5S/c1-14(23)15-8-10-16(11-9-15)27-21(25)18(12-13-28-3)22-20(24)17-6-4-5-7-19(17)26-2/h4-11,18H,12-13H2,1-3H3,(H,22,24)/t18-/m0/s1. The van der Waals surface area contributed by atoms with Crippen molar-refractivity contribution in [2.24, 2.45) is 0 Å². The van der Waals surface area contributed by atoms with Crippen molar-refractivity contribution >= 4 is 29.4 Å². The second-order valence-corrected chi connectivity index (χ2v) is 7.00. The predicted molar refractivity (Wildman–Crippen MR) is 109 cm³/mol. The number of ketones is 1. The summed E-state index contributed by atoms with van der Waals surface area (Å²) in [5.41, 5.74) is 0.876. The van der Waals surface area contributed by atoms with Crippen LogP contribution in [0, 0.1) is 0 Å². The van der Waals surface area contributed by atoms with Crippen LogP contribution in [0.15, 0.2) is 48.5 Å². The van der Waals surface area contributed by atoms with E-state index in [4.69, 9.17) is 9.47 Å². The lowest BCUT2D eigenvalue weighted by Crippen LogP contribution is -2.43. The van der Waals surface area contributed by atoms with Crippen molar-refractivity contribution in [3.8, 4) is 11.5 Å². The average Bonchev–Trinajstić information content (AvgIpc) is 2.71. The number of benzene rings is 2. The first-order chi connectivity index (χ1) is 13.5. The molecule has 1 amide bonds. The van der Waals surface area contributed by atoms with E-state index in [9.17, 15) is 14.4 Å². The highest BCUT2D eigenvalue weighted by Crippen LogP contribution is 2.18. The maximum atomic E-state index is 12.6. The number of carbonyl (C=O) groups is 3. The van der Waals surface area contributed by atoms with Crippen LogP contribution in [0.3, 0.4) is 0 Å². The third-order valence-corrected chi connectivity index (χ3v) is 4.68. The van der Waals surface area contributed by atoms with E-state index in [1.165, 1.54) is 14.0 Å². The Bertz CT molecular complexity index is 835. The second-order valence-electron chi connectivity index (χ2n) is 6.01. The molecule has 6 nitrogen and oxygen atoms in total. The molecule has 1 atom stereocenters. The lowest BCUT2D eigenvalue weighted by molar-refractivity contribution is -0.136. The summed E-state index contributed by atoms with van der Waals surface area (Å²) < 4.78 is 10.6. The Hall–Kier alpha value is -2.80. The van der Waals surface area contributed by atoms with E-state index >= 15 is 0 Å². The quantitative estimate of drug-likeness (QED) is 0.394. The van der Waals surface area contributed by atoms with Gasteiger partial charge in [-0.2, -0.15) is 11.8 Å². The van der Waals surface area contributed by atoms with Crippen molar-refractivity contribution in [3.63, 3.8) is 0 Å². The van der Waals surface area contributed by atoms with Gasteiger partial charge in [-0.15, -0.1) is 0 Å². The minimum Gasteiger partial charge on any atom is -0.496 e. The Morgan fingerprint density at radius 3 is 2.36 bits per heavy atom. The summed E-state index contributed by atoms with van der Waals surface area (Å²) in [6, 6.07) is 12.3. The third-order valence-electron chi connectivity index (χ3n) is 4.03. The molecule has 0 radical (unpaired) electrons. The summed E-state index contributed by atoms with van der Waals surface area (Å²) in [5, 5.41) is 2.73. The number of thioether (sulfide) groups is 1. The molecule has 0 aliphatic carbocycles. The van der Waals surface area contributed by atoms with E-state index in [0.717, 1.165) is 0 Å². The van der Waals surface area contributed by atoms with Crippen LogP contribution in [-0.4, -0.2) is 42.8 Å². The molecule has 0 heterocycles. The number of nitrogens with one attached hydrogen (secondary N) is 1. The van der Waals surface area contributed by atoms with Crippen LogP contribution in [0.1, 0.15) is 34.1 Å². The smallest absolute Gasteiger partial charge is 0.334 e. The molecule has 7 heteroatoms. The van der Waals surface area contributed by atoms with E-state index in [0.29, 0.717) is 34.8 Å². The fourth-order valence-electron chi connectivity index (χ4n) is 2.50. The number of ether oxygens (including phenoxy) is 2. The van der Waals surface area contributed by atoms with Gasteiger partial charge < -0.3 is 14.8 Å². The van der Waals surface area contributed by atoms with Gasteiger partial charge in [-0.1, -0.05) is 12.1 Å². The van der Waals surface area contributed by atoms with Gasteiger partial charge >= 0.3 is 5.97 Å². The summed E-state index contributed by atoms with van der Waals surface area (Å²) in [4.78, 5) is 36.6. The summed E-state index contributed by atoms with van der Waals surface area (Å²) in [6.45, 7) is 1.47. The SMILES string of the molecule is COc1ccccc1C(=O)N[C@@H](CCSC)C(=O)Oc1ccc(C(C)=O)cc1. The number of Topliss-reactive ketones (excluding diaryl/α,β-unsaturated/α-hetero) is 1. The first-order valence-corrected chi connectivity index (χ1v) is 10.1. The Kier molecular flexibility index (Phi) is 8.07. The van der Waals surface area contributed by atoms with Crippen LogP contribution in [-0.2, 0) is 4.79 Å². The molecule has 0 saturated heterocycles. The highest BCUT2D eigenvalue weighted by atomic mass is 32.2. The number of esters is 1. The van der Waals surface area contributed by atoms with Crippen LogP contribution in [0.5, 0.6) is 11.5 Å². The fourth-order valence-corrected chi connectivity index (χ4v) is 2.97. The summed E-state index contributed by atoms with van der Waals surface area (Å²) in [6.07, 6.45) is 2.34. The number of amides is 1. The van der Waals surface area contributed by atoms with Crippen LogP contribution in [0.4, 0.5) is 0 Å². The molecule has 0 unspecified atom stereocenters.